The van der Waals surface area contributed by atoms with Gasteiger partial charge in [0.25, 0.3) is 0 Å². The minimum Gasteiger partial charge on any atom is -0.352 e. The van der Waals surface area contributed by atoms with E-state index in [0.717, 1.165) is 12.8 Å². The van der Waals surface area contributed by atoms with E-state index in [-0.39, 0.29) is 24.2 Å². The van der Waals surface area contributed by atoms with E-state index in [1.165, 1.54) is 9.25 Å². The average molecular weight is 273 g/mol. The summed E-state index contributed by atoms with van der Waals surface area (Å²) in [5.74, 6) is 0.273. The number of nitrogens with one attached hydrogen (secondary N) is 1. The molecule has 0 radical (unpaired) electrons. The predicted octanol–water partition coefficient (Wildman–Crippen LogP) is -0.0776. The summed E-state index contributed by atoms with van der Waals surface area (Å²) in [6.45, 7) is -0.0595. The summed E-state index contributed by atoms with van der Waals surface area (Å²) in [6, 6.07) is 5.67. The SMILES string of the molecule is Cn1c(-c2ccccn2)nn(CC(=O)NC2CC2)c1=O. The molecule has 1 fully saturated rings. The molecule has 20 heavy (non-hydrogen) atoms. The average Bonchev–Trinajstić information content (AvgIpc) is 3.22. The molecular weight excluding hydrogens is 258 g/mol. The molecule has 104 valence electrons. The third-order valence-corrected chi connectivity index (χ3v) is 3.17. The highest BCUT2D eigenvalue weighted by Gasteiger charge is 2.24. The van der Waals surface area contributed by atoms with Gasteiger partial charge in [0.2, 0.25) is 5.91 Å². The topological polar surface area (TPSA) is 81.8 Å². The van der Waals surface area contributed by atoms with Gasteiger partial charge in [-0.3, -0.25) is 14.3 Å². The fourth-order valence-electron chi connectivity index (χ4n) is 1.95. The van der Waals surface area contributed by atoms with E-state index in [4.69, 9.17) is 0 Å². The van der Waals surface area contributed by atoms with Gasteiger partial charge in [0.15, 0.2) is 5.82 Å². The lowest BCUT2D eigenvalue weighted by Gasteiger charge is -2.01. The smallest absolute Gasteiger partial charge is 0.346 e. The van der Waals surface area contributed by atoms with Crippen molar-refractivity contribution < 1.29 is 4.79 Å². The quantitative estimate of drug-likeness (QED) is 0.845. The lowest BCUT2D eigenvalue weighted by atomic mass is 10.3. The van der Waals surface area contributed by atoms with Crippen LogP contribution in [0.5, 0.6) is 0 Å². The lowest BCUT2D eigenvalue weighted by molar-refractivity contribution is -0.122. The zero-order valence-corrected chi connectivity index (χ0v) is 11.1. The molecule has 2 aromatic heterocycles. The minimum absolute atomic E-state index is 0.0595. The normalized spacial score (nSPS) is 14.2. The molecule has 0 unspecified atom stereocenters. The molecule has 2 aromatic rings. The largest absolute Gasteiger partial charge is 0.352 e. The Morgan fingerprint density at radius 3 is 2.90 bits per heavy atom. The zero-order valence-electron chi connectivity index (χ0n) is 11.1. The Morgan fingerprint density at radius 1 is 1.45 bits per heavy atom. The van der Waals surface area contributed by atoms with Gasteiger partial charge in [0.05, 0.1) is 0 Å². The Kier molecular flexibility index (Phi) is 3.09. The Labute approximate surface area is 115 Å². The number of hydrogen-bond donors (Lipinski definition) is 1. The van der Waals surface area contributed by atoms with E-state index < -0.39 is 0 Å². The van der Waals surface area contributed by atoms with Crippen LogP contribution in [-0.2, 0) is 18.4 Å². The Hall–Kier alpha value is -2.44. The standard InChI is InChI=1S/C13H15N5O2/c1-17-12(10-4-2-3-7-14-10)16-18(13(17)20)8-11(19)15-9-5-6-9/h2-4,7,9H,5-6,8H2,1H3,(H,15,19). The van der Waals surface area contributed by atoms with Gasteiger partial charge >= 0.3 is 5.69 Å². The van der Waals surface area contributed by atoms with Crippen molar-refractivity contribution in [1.82, 2.24) is 24.6 Å². The molecule has 0 atom stereocenters. The third kappa shape index (κ3) is 2.47. The fraction of sp³-hybridized carbons (Fsp3) is 0.385. The number of carbonyl (C=O) groups is 1. The Morgan fingerprint density at radius 2 is 2.25 bits per heavy atom. The van der Waals surface area contributed by atoms with Gasteiger partial charge in [-0.1, -0.05) is 6.07 Å². The zero-order chi connectivity index (χ0) is 14.1. The van der Waals surface area contributed by atoms with Gasteiger partial charge in [-0.25, -0.2) is 9.48 Å². The van der Waals surface area contributed by atoms with Crippen molar-refractivity contribution in [2.24, 2.45) is 7.05 Å². The Bertz CT molecular complexity index is 685. The van der Waals surface area contributed by atoms with E-state index >= 15 is 0 Å². The first-order valence-corrected chi connectivity index (χ1v) is 6.50. The van der Waals surface area contributed by atoms with Crippen LogP contribution in [-0.4, -0.2) is 31.3 Å². The summed E-state index contributed by atoms with van der Waals surface area (Å²) in [4.78, 5) is 28.0. The molecule has 7 heteroatoms. The molecule has 0 spiro atoms. The molecule has 0 aliphatic heterocycles. The summed E-state index contributed by atoms with van der Waals surface area (Å²) in [5.41, 5.74) is 0.282. The molecule has 1 aliphatic carbocycles. The monoisotopic (exact) mass is 273 g/mol. The van der Waals surface area contributed by atoms with Gasteiger partial charge in [-0.2, -0.15) is 0 Å². The molecule has 1 aliphatic rings. The second kappa shape index (κ2) is 4.92. The Balaban J connectivity index is 1.85. The molecule has 7 nitrogen and oxygen atoms in total. The molecular formula is C13H15N5O2. The third-order valence-electron chi connectivity index (χ3n) is 3.17. The van der Waals surface area contributed by atoms with Crippen LogP contribution in [0.15, 0.2) is 29.2 Å². The summed E-state index contributed by atoms with van der Waals surface area (Å²) in [6.07, 6.45) is 3.67. The maximum Gasteiger partial charge on any atom is 0.346 e. The molecule has 1 amide bonds. The maximum absolute atomic E-state index is 12.1. The molecule has 0 aromatic carbocycles. The molecule has 2 heterocycles. The number of nitrogens with zero attached hydrogens (tertiary/aromatic N) is 4. The van der Waals surface area contributed by atoms with Gasteiger partial charge in [-0.05, 0) is 25.0 Å². The van der Waals surface area contributed by atoms with Crippen LogP contribution in [0, 0.1) is 0 Å². The van der Waals surface area contributed by atoms with E-state index in [1.54, 1.807) is 25.4 Å². The second-order valence-corrected chi connectivity index (χ2v) is 4.88. The first kappa shape index (κ1) is 12.6. The van der Waals surface area contributed by atoms with Crippen molar-refractivity contribution in [1.29, 1.82) is 0 Å². The summed E-state index contributed by atoms with van der Waals surface area (Å²) in [5, 5.41) is 7.03. The highest BCUT2D eigenvalue weighted by molar-refractivity contribution is 5.76. The number of aromatic nitrogens is 4. The van der Waals surface area contributed by atoms with Gasteiger partial charge < -0.3 is 5.32 Å². The van der Waals surface area contributed by atoms with Crippen LogP contribution < -0.4 is 11.0 Å². The maximum atomic E-state index is 12.1. The number of hydrogen-bond acceptors (Lipinski definition) is 4. The number of carbonyl (C=O) groups excluding carboxylic acids is 1. The van der Waals surface area contributed by atoms with Crippen molar-refractivity contribution in [2.45, 2.75) is 25.4 Å². The van der Waals surface area contributed by atoms with Crippen LogP contribution in [0.25, 0.3) is 11.5 Å². The van der Waals surface area contributed by atoms with Crippen LogP contribution in [0.2, 0.25) is 0 Å². The summed E-state index contributed by atoms with van der Waals surface area (Å²) >= 11 is 0. The molecule has 1 N–H and O–H groups in total. The molecule has 0 saturated heterocycles. The number of amides is 1. The molecule has 3 rings (SSSR count). The molecule has 0 bridgehead atoms. The van der Waals surface area contributed by atoms with E-state index in [9.17, 15) is 9.59 Å². The van der Waals surface area contributed by atoms with Crippen molar-refractivity contribution in [3.8, 4) is 11.5 Å². The van der Waals surface area contributed by atoms with Gasteiger partial charge in [-0.15, -0.1) is 5.10 Å². The fourth-order valence-corrected chi connectivity index (χ4v) is 1.95. The van der Waals surface area contributed by atoms with E-state index in [0.29, 0.717) is 11.5 Å². The first-order chi connectivity index (χ1) is 9.65. The van der Waals surface area contributed by atoms with Crippen LogP contribution in [0.4, 0.5) is 0 Å². The second-order valence-electron chi connectivity index (χ2n) is 4.88. The van der Waals surface area contributed by atoms with Crippen LogP contribution >= 0.6 is 0 Å². The molecule has 1 saturated carbocycles. The minimum atomic E-state index is -0.323. The van der Waals surface area contributed by atoms with Crippen LogP contribution in [0.1, 0.15) is 12.8 Å². The highest BCUT2D eigenvalue weighted by Crippen LogP contribution is 2.18. The van der Waals surface area contributed by atoms with Crippen LogP contribution in [0.3, 0.4) is 0 Å². The summed E-state index contributed by atoms with van der Waals surface area (Å²) in [7, 11) is 1.62. The van der Waals surface area contributed by atoms with Crippen molar-refractivity contribution >= 4 is 5.91 Å². The van der Waals surface area contributed by atoms with Crippen molar-refractivity contribution in [3.05, 3.63) is 34.9 Å². The lowest BCUT2D eigenvalue weighted by Crippen LogP contribution is -2.34. The van der Waals surface area contributed by atoms with Crippen molar-refractivity contribution in [2.75, 3.05) is 0 Å². The van der Waals surface area contributed by atoms with Crippen molar-refractivity contribution in [3.63, 3.8) is 0 Å². The van der Waals surface area contributed by atoms with Gasteiger partial charge in [0, 0.05) is 19.3 Å². The van der Waals surface area contributed by atoms with E-state index in [1.807, 2.05) is 6.07 Å². The highest BCUT2D eigenvalue weighted by atomic mass is 16.2. The number of pyridine rings is 1. The van der Waals surface area contributed by atoms with E-state index in [2.05, 4.69) is 15.4 Å². The predicted molar refractivity (Wildman–Crippen MR) is 71.9 cm³/mol. The number of rotatable bonds is 4. The van der Waals surface area contributed by atoms with Gasteiger partial charge in [0.1, 0.15) is 12.2 Å². The summed E-state index contributed by atoms with van der Waals surface area (Å²) < 4.78 is 2.56. The first-order valence-electron chi connectivity index (χ1n) is 6.50.